The lowest BCUT2D eigenvalue weighted by molar-refractivity contribution is 0.588. The summed E-state index contributed by atoms with van der Waals surface area (Å²) >= 11 is 3.20. The topological polar surface area (TPSA) is 26.0 Å². The molecule has 0 saturated carbocycles. The zero-order chi connectivity index (χ0) is 13.1. The molecular formula is C14H12BrF2N. The smallest absolute Gasteiger partial charge is 0.127 e. The maximum absolute atomic E-state index is 13.6. The van der Waals surface area contributed by atoms with Gasteiger partial charge in [0.25, 0.3) is 0 Å². The van der Waals surface area contributed by atoms with Crippen LogP contribution >= 0.6 is 15.9 Å². The summed E-state index contributed by atoms with van der Waals surface area (Å²) < 4.78 is 27.4. The van der Waals surface area contributed by atoms with Crippen LogP contribution in [0.5, 0.6) is 0 Å². The molecule has 0 amide bonds. The Morgan fingerprint density at radius 1 is 1.11 bits per heavy atom. The number of hydrogen-bond acceptors (Lipinski definition) is 1. The lowest BCUT2D eigenvalue weighted by Gasteiger charge is -2.13. The minimum Gasteiger partial charge on any atom is -0.324 e. The Labute approximate surface area is 113 Å². The van der Waals surface area contributed by atoms with Gasteiger partial charge in [-0.25, -0.2) is 8.78 Å². The van der Waals surface area contributed by atoms with E-state index in [0.717, 1.165) is 0 Å². The van der Waals surface area contributed by atoms with Crippen molar-refractivity contribution in [2.45, 2.75) is 12.5 Å². The zero-order valence-electron chi connectivity index (χ0n) is 9.54. The van der Waals surface area contributed by atoms with E-state index in [-0.39, 0.29) is 11.6 Å². The van der Waals surface area contributed by atoms with E-state index in [0.29, 0.717) is 22.0 Å². The summed E-state index contributed by atoms with van der Waals surface area (Å²) in [6.07, 6.45) is 0.336. The van der Waals surface area contributed by atoms with Gasteiger partial charge in [-0.15, -0.1) is 0 Å². The molecule has 0 heterocycles. The molecule has 0 spiro atoms. The molecule has 2 N–H and O–H groups in total. The molecule has 0 radical (unpaired) electrons. The molecule has 0 aliphatic rings. The highest BCUT2D eigenvalue weighted by atomic mass is 79.9. The second-order valence-electron chi connectivity index (χ2n) is 4.10. The van der Waals surface area contributed by atoms with Crippen LogP contribution < -0.4 is 5.73 Å². The van der Waals surface area contributed by atoms with E-state index in [1.54, 1.807) is 24.3 Å². The summed E-state index contributed by atoms with van der Waals surface area (Å²) in [7, 11) is 0. The fourth-order valence-electron chi connectivity index (χ4n) is 1.78. The lowest BCUT2D eigenvalue weighted by Crippen LogP contribution is -2.14. The minimum absolute atomic E-state index is 0.309. The van der Waals surface area contributed by atoms with Crippen LogP contribution in [0.3, 0.4) is 0 Å². The summed E-state index contributed by atoms with van der Waals surface area (Å²) in [6, 6.07) is 10.5. The van der Waals surface area contributed by atoms with Gasteiger partial charge in [-0.05, 0) is 41.8 Å². The molecule has 1 atom stereocenters. The first-order valence-electron chi connectivity index (χ1n) is 5.51. The van der Waals surface area contributed by atoms with Gasteiger partial charge < -0.3 is 5.73 Å². The monoisotopic (exact) mass is 311 g/mol. The predicted molar refractivity (Wildman–Crippen MR) is 71.1 cm³/mol. The van der Waals surface area contributed by atoms with E-state index < -0.39 is 6.04 Å². The number of hydrogen-bond donors (Lipinski definition) is 1. The largest absolute Gasteiger partial charge is 0.324 e. The van der Waals surface area contributed by atoms with Crippen LogP contribution in [-0.4, -0.2) is 0 Å². The van der Waals surface area contributed by atoms with Gasteiger partial charge in [0, 0.05) is 10.5 Å². The van der Waals surface area contributed by atoms with Gasteiger partial charge in [-0.3, -0.25) is 0 Å². The van der Waals surface area contributed by atoms with Crippen molar-refractivity contribution < 1.29 is 8.78 Å². The molecule has 2 aromatic carbocycles. The van der Waals surface area contributed by atoms with E-state index >= 15 is 0 Å². The minimum atomic E-state index is -0.420. The zero-order valence-corrected chi connectivity index (χ0v) is 11.1. The van der Waals surface area contributed by atoms with Gasteiger partial charge in [0.2, 0.25) is 0 Å². The highest BCUT2D eigenvalue weighted by Crippen LogP contribution is 2.21. The normalized spacial score (nSPS) is 12.4. The summed E-state index contributed by atoms with van der Waals surface area (Å²) in [5.41, 5.74) is 7.15. The maximum Gasteiger partial charge on any atom is 0.127 e. The van der Waals surface area contributed by atoms with Gasteiger partial charge in [0.15, 0.2) is 0 Å². The van der Waals surface area contributed by atoms with Crippen molar-refractivity contribution >= 4 is 15.9 Å². The number of halogens is 3. The third-order valence-electron chi connectivity index (χ3n) is 2.73. The highest BCUT2D eigenvalue weighted by molar-refractivity contribution is 9.10. The lowest BCUT2D eigenvalue weighted by atomic mass is 9.99. The number of rotatable bonds is 3. The van der Waals surface area contributed by atoms with E-state index in [1.165, 1.54) is 18.2 Å². The van der Waals surface area contributed by atoms with Crippen molar-refractivity contribution in [2.75, 3.05) is 0 Å². The average Bonchev–Trinajstić information content (AvgIpc) is 2.32. The second kappa shape index (κ2) is 5.59. The molecule has 1 unspecified atom stereocenters. The van der Waals surface area contributed by atoms with E-state index in [4.69, 9.17) is 5.73 Å². The Kier molecular flexibility index (Phi) is 4.09. The molecule has 0 aromatic heterocycles. The van der Waals surface area contributed by atoms with Gasteiger partial charge in [-0.1, -0.05) is 34.1 Å². The molecule has 1 nitrogen and oxygen atoms in total. The third-order valence-corrected chi connectivity index (χ3v) is 3.23. The molecule has 0 aliphatic carbocycles. The van der Waals surface area contributed by atoms with Crippen LogP contribution in [0.25, 0.3) is 0 Å². The first-order valence-corrected chi connectivity index (χ1v) is 6.30. The Balaban J connectivity index is 2.18. The van der Waals surface area contributed by atoms with Crippen molar-refractivity contribution in [3.05, 3.63) is 69.7 Å². The molecule has 0 bridgehead atoms. The van der Waals surface area contributed by atoms with Crippen LogP contribution in [0.4, 0.5) is 8.78 Å². The summed E-state index contributed by atoms with van der Waals surface area (Å²) in [6.45, 7) is 0. The average molecular weight is 312 g/mol. The van der Waals surface area contributed by atoms with Gasteiger partial charge in [0.1, 0.15) is 11.6 Å². The Bertz CT molecular complexity index is 557. The first-order chi connectivity index (χ1) is 8.56. The molecule has 0 aliphatic heterocycles. The van der Waals surface area contributed by atoms with Gasteiger partial charge in [0.05, 0.1) is 0 Å². The summed E-state index contributed by atoms with van der Waals surface area (Å²) in [4.78, 5) is 0. The van der Waals surface area contributed by atoms with E-state index in [2.05, 4.69) is 15.9 Å². The maximum atomic E-state index is 13.6. The number of benzene rings is 2. The fourth-order valence-corrected chi connectivity index (χ4v) is 2.11. The van der Waals surface area contributed by atoms with Crippen LogP contribution in [-0.2, 0) is 6.42 Å². The Morgan fingerprint density at radius 3 is 2.56 bits per heavy atom. The molecule has 4 heteroatoms. The van der Waals surface area contributed by atoms with E-state index in [9.17, 15) is 8.78 Å². The first kappa shape index (κ1) is 13.2. The summed E-state index contributed by atoms with van der Waals surface area (Å²) in [5.74, 6) is -0.643. The summed E-state index contributed by atoms with van der Waals surface area (Å²) in [5, 5.41) is 0. The highest BCUT2D eigenvalue weighted by Gasteiger charge is 2.11. The van der Waals surface area contributed by atoms with Crippen molar-refractivity contribution in [3.8, 4) is 0 Å². The molecule has 0 saturated heterocycles. The number of nitrogens with two attached hydrogens (primary N) is 1. The van der Waals surface area contributed by atoms with Crippen molar-refractivity contribution in [2.24, 2.45) is 5.73 Å². The molecule has 2 rings (SSSR count). The standard InChI is InChI=1S/C14H12BrF2N/c15-11-5-4-9(13(17)8-11)7-14(18)10-2-1-3-12(16)6-10/h1-6,8,14H,7,18H2. The predicted octanol–water partition coefficient (Wildman–Crippen LogP) is 3.97. The van der Waals surface area contributed by atoms with Gasteiger partial charge in [-0.2, -0.15) is 0 Å². The SMILES string of the molecule is NC(Cc1ccc(Br)cc1F)c1cccc(F)c1. The Hall–Kier alpha value is -1.26. The fraction of sp³-hybridized carbons (Fsp3) is 0.143. The molecule has 2 aromatic rings. The quantitative estimate of drug-likeness (QED) is 0.912. The van der Waals surface area contributed by atoms with Crippen molar-refractivity contribution in [3.63, 3.8) is 0 Å². The van der Waals surface area contributed by atoms with E-state index in [1.807, 2.05) is 0 Å². The van der Waals surface area contributed by atoms with Crippen LogP contribution in [0.2, 0.25) is 0 Å². The molecular weight excluding hydrogens is 300 g/mol. The van der Waals surface area contributed by atoms with Crippen molar-refractivity contribution in [1.82, 2.24) is 0 Å². The molecule has 18 heavy (non-hydrogen) atoms. The van der Waals surface area contributed by atoms with Gasteiger partial charge >= 0.3 is 0 Å². The van der Waals surface area contributed by atoms with Crippen LogP contribution in [0, 0.1) is 11.6 Å². The Morgan fingerprint density at radius 2 is 1.89 bits per heavy atom. The van der Waals surface area contributed by atoms with Crippen LogP contribution in [0.1, 0.15) is 17.2 Å². The van der Waals surface area contributed by atoms with Crippen LogP contribution in [0.15, 0.2) is 46.9 Å². The van der Waals surface area contributed by atoms with Crippen molar-refractivity contribution in [1.29, 1.82) is 0 Å². The molecule has 94 valence electrons. The molecule has 0 fully saturated rings. The second-order valence-corrected chi connectivity index (χ2v) is 5.02. The third kappa shape index (κ3) is 3.15.